The van der Waals surface area contributed by atoms with Gasteiger partial charge in [-0.15, -0.1) is 0 Å². The summed E-state index contributed by atoms with van der Waals surface area (Å²) in [5, 5.41) is 11.6. The SMILES string of the molecule is CC(C)(C)OC[C@H](N=[N+]=[N-])C(=O)O.NC1CCCCC1. The van der Waals surface area contributed by atoms with Gasteiger partial charge in [-0.25, -0.2) is 0 Å². The minimum Gasteiger partial charge on any atom is -0.481 e. The van der Waals surface area contributed by atoms with Crippen molar-refractivity contribution in [1.29, 1.82) is 0 Å². The first-order chi connectivity index (χ1) is 9.26. The predicted molar refractivity (Wildman–Crippen MR) is 77.3 cm³/mol. The van der Waals surface area contributed by atoms with E-state index >= 15 is 0 Å². The molecule has 0 aromatic heterocycles. The van der Waals surface area contributed by atoms with Crippen molar-refractivity contribution >= 4 is 5.97 Å². The van der Waals surface area contributed by atoms with Crippen LogP contribution in [0, 0.1) is 0 Å². The van der Waals surface area contributed by atoms with Crippen LogP contribution >= 0.6 is 0 Å². The van der Waals surface area contributed by atoms with Crippen molar-refractivity contribution in [3.05, 3.63) is 10.4 Å². The Labute approximate surface area is 120 Å². The highest BCUT2D eigenvalue weighted by Gasteiger charge is 2.19. The fourth-order valence-electron chi connectivity index (χ4n) is 1.68. The van der Waals surface area contributed by atoms with Gasteiger partial charge in [0.2, 0.25) is 0 Å². The third-order valence-electron chi connectivity index (χ3n) is 2.80. The predicted octanol–water partition coefficient (Wildman–Crippen LogP) is 2.84. The second kappa shape index (κ2) is 9.58. The second-order valence-corrected chi connectivity index (χ2v) is 5.88. The Morgan fingerprint density at radius 1 is 1.45 bits per heavy atom. The molecule has 0 bridgehead atoms. The van der Waals surface area contributed by atoms with Crippen molar-refractivity contribution in [2.24, 2.45) is 10.8 Å². The summed E-state index contributed by atoms with van der Waals surface area (Å²) in [6.45, 7) is 5.27. The normalized spacial score (nSPS) is 17.4. The van der Waals surface area contributed by atoms with Gasteiger partial charge in [-0.05, 0) is 39.1 Å². The van der Waals surface area contributed by atoms with Crippen LogP contribution in [0.2, 0.25) is 0 Å². The fourth-order valence-corrected chi connectivity index (χ4v) is 1.68. The molecule has 1 saturated carbocycles. The standard InChI is InChI=1S/C7H13N3O3.C6H13N/c1-7(2,3)13-4-5(6(11)12)9-10-8;7-6-4-2-1-3-5-6/h5H,4H2,1-3H3,(H,11,12);6H,1-5,7H2/t5-;/m0./s1. The molecule has 1 atom stereocenters. The zero-order valence-electron chi connectivity index (χ0n) is 12.6. The summed E-state index contributed by atoms with van der Waals surface area (Å²) in [7, 11) is 0. The molecule has 1 rings (SSSR count). The Morgan fingerprint density at radius 3 is 2.30 bits per heavy atom. The summed E-state index contributed by atoms with van der Waals surface area (Å²) in [6.07, 6.45) is 6.66. The van der Waals surface area contributed by atoms with Crippen LogP contribution in [-0.2, 0) is 9.53 Å². The number of ether oxygens (including phenoxy) is 1. The number of nitrogens with zero attached hydrogens (tertiary/aromatic N) is 3. The Hall–Kier alpha value is -1.30. The van der Waals surface area contributed by atoms with E-state index in [2.05, 4.69) is 10.0 Å². The number of nitrogens with two attached hydrogens (primary N) is 1. The third-order valence-corrected chi connectivity index (χ3v) is 2.80. The maximum atomic E-state index is 10.5. The van der Waals surface area contributed by atoms with E-state index in [9.17, 15) is 4.79 Å². The van der Waals surface area contributed by atoms with E-state index in [-0.39, 0.29) is 6.61 Å². The number of hydrogen-bond donors (Lipinski definition) is 2. The van der Waals surface area contributed by atoms with Crippen LogP contribution in [0.4, 0.5) is 0 Å². The van der Waals surface area contributed by atoms with E-state index in [1.165, 1.54) is 32.1 Å². The average Bonchev–Trinajstić information content (AvgIpc) is 2.34. The highest BCUT2D eigenvalue weighted by molar-refractivity contribution is 5.73. The van der Waals surface area contributed by atoms with E-state index in [0.717, 1.165) is 0 Å². The molecule has 0 amide bonds. The Morgan fingerprint density at radius 2 is 2.00 bits per heavy atom. The molecule has 7 heteroatoms. The molecular weight excluding hydrogens is 260 g/mol. The van der Waals surface area contributed by atoms with Gasteiger partial charge in [-0.3, -0.25) is 4.79 Å². The number of carboxylic acid groups (broad SMARTS) is 1. The van der Waals surface area contributed by atoms with Gasteiger partial charge >= 0.3 is 5.97 Å². The van der Waals surface area contributed by atoms with Crippen LogP contribution in [0.15, 0.2) is 5.11 Å². The number of carboxylic acids is 1. The summed E-state index contributed by atoms with van der Waals surface area (Å²) < 4.78 is 5.16. The summed E-state index contributed by atoms with van der Waals surface area (Å²) in [5.41, 5.74) is 13.3. The van der Waals surface area contributed by atoms with Crippen molar-refractivity contribution in [2.75, 3.05) is 6.61 Å². The summed E-state index contributed by atoms with van der Waals surface area (Å²) in [6, 6.07) is -0.613. The molecule has 1 aliphatic rings. The summed E-state index contributed by atoms with van der Waals surface area (Å²) in [5.74, 6) is -1.18. The van der Waals surface area contributed by atoms with Gasteiger partial charge in [0.15, 0.2) is 6.04 Å². The van der Waals surface area contributed by atoms with Crippen molar-refractivity contribution < 1.29 is 14.6 Å². The lowest BCUT2D eigenvalue weighted by Crippen LogP contribution is -2.29. The summed E-state index contributed by atoms with van der Waals surface area (Å²) in [4.78, 5) is 12.9. The molecule has 20 heavy (non-hydrogen) atoms. The molecule has 1 fully saturated rings. The molecule has 0 radical (unpaired) electrons. The lowest BCUT2D eigenvalue weighted by molar-refractivity contribution is -0.141. The van der Waals surface area contributed by atoms with Gasteiger partial charge < -0.3 is 15.6 Å². The second-order valence-electron chi connectivity index (χ2n) is 5.88. The minimum atomic E-state index is -1.18. The Kier molecular flexibility index (Phi) is 8.96. The first kappa shape index (κ1) is 18.7. The number of carbonyl (C=O) groups is 1. The van der Waals surface area contributed by atoms with Crippen LogP contribution in [0.1, 0.15) is 52.9 Å². The van der Waals surface area contributed by atoms with Crippen molar-refractivity contribution in [1.82, 2.24) is 0 Å². The summed E-state index contributed by atoms with van der Waals surface area (Å²) >= 11 is 0. The topological polar surface area (TPSA) is 121 Å². The lowest BCUT2D eigenvalue weighted by Gasteiger charge is -2.20. The maximum Gasteiger partial charge on any atom is 0.314 e. The number of azide groups is 1. The van der Waals surface area contributed by atoms with E-state index in [0.29, 0.717) is 6.04 Å². The van der Waals surface area contributed by atoms with Crippen LogP contribution in [0.3, 0.4) is 0 Å². The lowest BCUT2D eigenvalue weighted by atomic mass is 9.97. The molecule has 3 N–H and O–H groups in total. The Bertz CT molecular complexity index is 327. The fraction of sp³-hybridized carbons (Fsp3) is 0.923. The maximum absolute atomic E-state index is 10.5. The van der Waals surface area contributed by atoms with Crippen molar-refractivity contribution in [3.8, 4) is 0 Å². The molecule has 1 aliphatic carbocycles. The zero-order chi connectivity index (χ0) is 15.6. The zero-order valence-corrected chi connectivity index (χ0v) is 12.6. The molecular formula is C13H26N4O3. The van der Waals surface area contributed by atoms with Gasteiger partial charge in [-0.2, -0.15) is 0 Å². The molecule has 0 aromatic carbocycles. The highest BCUT2D eigenvalue weighted by Crippen LogP contribution is 2.14. The van der Waals surface area contributed by atoms with Crippen molar-refractivity contribution in [2.45, 2.75) is 70.6 Å². The number of hydrogen-bond acceptors (Lipinski definition) is 4. The molecule has 0 unspecified atom stereocenters. The van der Waals surface area contributed by atoms with E-state index in [4.69, 9.17) is 21.1 Å². The Balaban J connectivity index is 0.000000428. The molecule has 0 spiro atoms. The first-order valence-electron chi connectivity index (χ1n) is 6.93. The van der Waals surface area contributed by atoms with Gasteiger partial charge in [-0.1, -0.05) is 24.4 Å². The van der Waals surface area contributed by atoms with Crippen LogP contribution in [0.25, 0.3) is 10.4 Å². The van der Waals surface area contributed by atoms with E-state index < -0.39 is 17.6 Å². The molecule has 116 valence electrons. The molecule has 0 aliphatic heterocycles. The first-order valence-corrected chi connectivity index (χ1v) is 6.93. The minimum absolute atomic E-state index is 0.108. The van der Waals surface area contributed by atoms with Crippen LogP contribution in [-0.4, -0.2) is 35.4 Å². The van der Waals surface area contributed by atoms with Gasteiger partial charge in [0.1, 0.15) is 0 Å². The smallest absolute Gasteiger partial charge is 0.314 e. The molecule has 0 aromatic rings. The largest absolute Gasteiger partial charge is 0.481 e. The van der Waals surface area contributed by atoms with Gasteiger partial charge in [0.25, 0.3) is 0 Å². The number of rotatable bonds is 4. The van der Waals surface area contributed by atoms with Gasteiger partial charge in [0, 0.05) is 11.0 Å². The van der Waals surface area contributed by atoms with Gasteiger partial charge in [0.05, 0.1) is 12.2 Å². The van der Waals surface area contributed by atoms with Crippen molar-refractivity contribution in [3.63, 3.8) is 0 Å². The highest BCUT2D eigenvalue weighted by atomic mass is 16.5. The third kappa shape index (κ3) is 10.6. The quantitative estimate of drug-likeness (QED) is 0.468. The average molecular weight is 286 g/mol. The van der Waals surface area contributed by atoms with E-state index in [1.54, 1.807) is 20.8 Å². The van der Waals surface area contributed by atoms with E-state index in [1.807, 2.05) is 0 Å². The number of aliphatic carboxylic acids is 1. The molecule has 0 saturated heterocycles. The molecule has 7 nitrogen and oxygen atoms in total. The van der Waals surface area contributed by atoms with Crippen LogP contribution in [0.5, 0.6) is 0 Å². The monoisotopic (exact) mass is 286 g/mol. The molecule has 0 heterocycles. The van der Waals surface area contributed by atoms with Crippen LogP contribution < -0.4 is 5.73 Å².